The van der Waals surface area contributed by atoms with Crippen LogP contribution in [-0.4, -0.2) is 47.6 Å². The molecule has 130 valence electrons. The fourth-order valence-corrected chi connectivity index (χ4v) is 2.42. The molecule has 1 aliphatic heterocycles. The van der Waals surface area contributed by atoms with Gasteiger partial charge in [-0.2, -0.15) is 27.1 Å². The maximum Gasteiger partial charge on any atom is 0.457 e. The van der Waals surface area contributed by atoms with Gasteiger partial charge in [-0.3, -0.25) is 5.01 Å². The molecule has 1 aliphatic rings. The van der Waals surface area contributed by atoms with Crippen LogP contribution in [0.5, 0.6) is 0 Å². The third-order valence-corrected chi connectivity index (χ3v) is 3.46. The van der Waals surface area contributed by atoms with E-state index in [2.05, 4.69) is 5.10 Å². The Hall–Kier alpha value is -1.08. The summed E-state index contributed by atoms with van der Waals surface area (Å²) in [6.07, 6.45) is -3.36. The highest BCUT2D eigenvalue weighted by Gasteiger charge is 2.66. The first kappa shape index (κ1) is 19.0. The van der Waals surface area contributed by atoms with Gasteiger partial charge < -0.3 is 4.90 Å². The van der Waals surface area contributed by atoms with E-state index in [1.165, 1.54) is 0 Å². The lowest BCUT2D eigenvalue weighted by Gasteiger charge is -2.37. The number of hydrogen-bond acceptors (Lipinski definition) is 3. The van der Waals surface area contributed by atoms with E-state index < -0.39 is 18.3 Å². The standard InChI is InChI=1S/C14H24F5N3/c1-4-5-6-7-8-22-12(13(15,16)14(17,18)19)21(10-20-22)9-11(2)3/h10-12H,4-9H2,1-3H3. The van der Waals surface area contributed by atoms with Gasteiger partial charge in [0.05, 0.1) is 0 Å². The van der Waals surface area contributed by atoms with Crippen LogP contribution < -0.4 is 0 Å². The molecule has 0 aliphatic carbocycles. The molecule has 1 heterocycles. The number of halogens is 5. The molecule has 1 atom stereocenters. The third kappa shape index (κ3) is 4.46. The van der Waals surface area contributed by atoms with Crippen molar-refractivity contribution in [1.29, 1.82) is 0 Å². The van der Waals surface area contributed by atoms with Gasteiger partial charge in [0, 0.05) is 13.1 Å². The second-order valence-electron chi connectivity index (χ2n) is 6.04. The van der Waals surface area contributed by atoms with Crippen LogP contribution in [-0.2, 0) is 0 Å². The van der Waals surface area contributed by atoms with E-state index in [0.717, 1.165) is 35.5 Å². The van der Waals surface area contributed by atoms with Crippen molar-refractivity contribution in [2.45, 2.75) is 64.7 Å². The minimum atomic E-state index is -5.59. The van der Waals surface area contributed by atoms with Gasteiger partial charge in [-0.15, -0.1) is 0 Å². The summed E-state index contributed by atoms with van der Waals surface area (Å²) in [4.78, 5) is 0.998. The lowest BCUT2D eigenvalue weighted by molar-refractivity contribution is -0.314. The Kier molecular flexibility index (Phi) is 6.43. The average Bonchev–Trinajstić information content (AvgIpc) is 2.76. The molecule has 0 aromatic heterocycles. The van der Waals surface area contributed by atoms with Gasteiger partial charge in [0.15, 0.2) is 6.17 Å². The van der Waals surface area contributed by atoms with Crippen molar-refractivity contribution in [3.05, 3.63) is 0 Å². The molecule has 0 bridgehead atoms. The maximum atomic E-state index is 13.9. The van der Waals surface area contributed by atoms with Crippen molar-refractivity contribution < 1.29 is 22.0 Å². The summed E-state index contributed by atoms with van der Waals surface area (Å²) in [5, 5.41) is 4.66. The zero-order valence-electron chi connectivity index (χ0n) is 13.2. The Balaban J connectivity index is 2.85. The van der Waals surface area contributed by atoms with Crippen molar-refractivity contribution in [2.24, 2.45) is 11.0 Å². The van der Waals surface area contributed by atoms with E-state index in [-0.39, 0.29) is 19.0 Å². The summed E-state index contributed by atoms with van der Waals surface area (Å²) in [5.74, 6) is -4.87. The predicted octanol–water partition coefficient (Wildman–Crippen LogP) is 4.31. The topological polar surface area (TPSA) is 18.8 Å². The summed E-state index contributed by atoms with van der Waals surface area (Å²) in [6, 6.07) is 0. The monoisotopic (exact) mass is 329 g/mol. The first-order valence-corrected chi connectivity index (χ1v) is 7.62. The van der Waals surface area contributed by atoms with E-state index in [1.807, 2.05) is 6.92 Å². The molecular weight excluding hydrogens is 305 g/mol. The fraction of sp³-hybridized carbons (Fsp3) is 0.929. The number of nitrogens with zero attached hydrogens (tertiary/aromatic N) is 3. The Morgan fingerprint density at radius 3 is 2.23 bits per heavy atom. The molecule has 1 unspecified atom stereocenters. The highest BCUT2D eigenvalue weighted by molar-refractivity contribution is 5.57. The lowest BCUT2D eigenvalue weighted by atomic mass is 10.1. The summed E-state index contributed by atoms with van der Waals surface area (Å²) >= 11 is 0. The van der Waals surface area contributed by atoms with E-state index in [1.54, 1.807) is 13.8 Å². The van der Waals surface area contributed by atoms with Crippen LogP contribution in [0.15, 0.2) is 5.10 Å². The van der Waals surface area contributed by atoms with E-state index in [0.29, 0.717) is 6.42 Å². The second-order valence-corrected chi connectivity index (χ2v) is 6.04. The smallest absolute Gasteiger partial charge is 0.334 e. The van der Waals surface area contributed by atoms with E-state index in [4.69, 9.17) is 0 Å². The van der Waals surface area contributed by atoms with Crippen LogP contribution >= 0.6 is 0 Å². The van der Waals surface area contributed by atoms with Gasteiger partial charge in [0.2, 0.25) is 0 Å². The molecule has 0 saturated carbocycles. The Labute approximate surface area is 128 Å². The van der Waals surface area contributed by atoms with Gasteiger partial charge in [-0.25, -0.2) is 0 Å². The third-order valence-electron chi connectivity index (χ3n) is 3.46. The minimum absolute atomic E-state index is 0.0435. The number of hydrazone groups is 1. The fourth-order valence-electron chi connectivity index (χ4n) is 2.42. The molecule has 0 N–H and O–H groups in total. The van der Waals surface area contributed by atoms with Crippen molar-refractivity contribution in [3.8, 4) is 0 Å². The van der Waals surface area contributed by atoms with Crippen LogP contribution in [0.25, 0.3) is 0 Å². The summed E-state index contributed by atoms with van der Waals surface area (Å²) in [6.45, 7) is 5.73. The zero-order chi connectivity index (χ0) is 17.0. The van der Waals surface area contributed by atoms with E-state index >= 15 is 0 Å². The number of rotatable bonds is 8. The number of alkyl halides is 5. The Morgan fingerprint density at radius 2 is 1.73 bits per heavy atom. The van der Waals surface area contributed by atoms with Gasteiger partial charge >= 0.3 is 12.1 Å². The number of hydrogen-bond donors (Lipinski definition) is 0. The van der Waals surface area contributed by atoms with Gasteiger partial charge in [-0.1, -0.05) is 40.0 Å². The molecule has 8 heteroatoms. The quantitative estimate of drug-likeness (QED) is 0.488. The second kappa shape index (κ2) is 7.46. The normalized spacial score (nSPS) is 19.6. The van der Waals surface area contributed by atoms with Gasteiger partial charge in [0.1, 0.15) is 6.34 Å². The highest BCUT2D eigenvalue weighted by Crippen LogP contribution is 2.42. The van der Waals surface area contributed by atoms with Crippen LogP contribution in [0.2, 0.25) is 0 Å². The van der Waals surface area contributed by atoms with Crippen molar-refractivity contribution >= 4 is 6.34 Å². The summed E-state index contributed by atoms with van der Waals surface area (Å²) < 4.78 is 66.0. The largest absolute Gasteiger partial charge is 0.457 e. The van der Waals surface area contributed by atoms with Crippen LogP contribution in [0.4, 0.5) is 22.0 Å². The molecule has 0 saturated heterocycles. The van der Waals surface area contributed by atoms with Crippen molar-refractivity contribution in [3.63, 3.8) is 0 Å². The molecule has 0 amide bonds. The molecule has 0 aromatic rings. The maximum absolute atomic E-state index is 13.9. The minimum Gasteiger partial charge on any atom is -0.334 e. The first-order chi connectivity index (χ1) is 10.1. The Morgan fingerprint density at radius 1 is 1.09 bits per heavy atom. The molecule has 3 nitrogen and oxygen atoms in total. The number of unbranched alkanes of at least 4 members (excludes halogenated alkanes) is 3. The molecule has 0 radical (unpaired) electrons. The van der Waals surface area contributed by atoms with Crippen LogP contribution in [0.1, 0.15) is 46.5 Å². The molecule has 1 rings (SSSR count). The molecule has 0 spiro atoms. The summed E-state index contributed by atoms with van der Waals surface area (Å²) in [7, 11) is 0. The van der Waals surface area contributed by atoms with E-state index in [9.17, 15) is 22.0 Å². The predicted molar refractivity (Wildman–Crippen MR) is 75.7 cm³/mol. The lowest BCUT2D eigenvalue weighted by Crippen LogP contribution is -2.59. The van der Waals surface area contributed by atoms with Crippen molar-refractivity contribution in [1.82, 2.24) is 9.91 Å². The SMILES string of the molecule is CCCCCCN1N=CN(CC(C)C)C1C(F)(F)C(F)(F)F. The molecule has 22 heavy (non-hydrogen) atoms. The van der Waals surface area contributed by atoms with Gasteiger partial charge in [0.25, 0.3) is 0 Å². The van der Waals surface area contributed by atoms with Gasteiger partial charge in [-0.05, 0) is 12.3 Å². The van der Waals surface area contributed by atoms with Crippen LogP contribution in [0.3, 0.4) is 0 Å². The average molecular weight is 329 g/mol. The van der Waals surface area contributed by atoms with Crippen LogP contribution in [0, 0.1) is 5.92 Å². The molecular formula is C14H24F5N3. The highest BCUT2D eigenvalue weighted by atomic mass is 19.4. The first-order valence-electron chi connectivity index (χ1n) is 7.62. The zero-order valence-corrected chi connectivity index (χ0v) is 13.2. The Bertz CT molecular complexity index is 368. The van der Waals surface area contributed by atoms with Crippen molar-refractivity contribution in [2.75, 3.05) is 13.1 Å². The molecule has 0 fully saturated rings. The summed E-state index contributed by atoms with van der Waals surface area (Å²) in [5.41, 5.74) is 0. The molecule has 0 aromatic carbocycles.